The quantitative estimate of drug-likeness (QED) is 0.228. The summed E-state index contributed by atoms with van der Waals surface area (Å²) in [5.74, 6) is -0.921. The number of H-pyrrole nitrogens is 1. The van der Waals surface area contributed by atoms with Crippen LogP contribution in [0.5, 0.6) is 0 Å². The standard InChI is InChI=1S/C24H26N6O7/c25-24-27-19-16(20(33)28-24)26-12-30(19)23-18(17(32)15(11-31)37-23)36-10-6-2-1-5-9-29-21(34)13-7-3-4-8-14(13)22(29)35/h3-4,7-8,12,18,23,31-32H,1-2,5-6,9-11H2,(H3,25,27,28,33)/t18?,23-/m1/s1. The predicted molar refractivity (Wildman–Crippen MR) is 129 cm³/mol. The maximum Gasteiger partial charge on any atom is 0.280 e. The number of ether oxygens (including phenoxy) is 2. The molecule has 2 atom stereocenters. The fraction of sp³-hybridized carbons (Fsp3) is 0.375. The molecule has 2 amide bonds. The molecule has 0 radical (unpaired) electrons. The predicted octanol–water partition coefficient (Wildman–Crippen LogP) is 1.23. The first-order valence-electron chi connectivity index (χ1n) is 11.9. The fourth-order valence-electron chi connectivity index (χ4n) is 4.55. The van der Waals surface area contributed by atoms with E-state index in [1.807, 2.05) is 0 Å². The van der Waals surface area contributed by atoms with E-state index >= 15 is 0 Å². The molecule has 194 valence electrons. The number of nitrogens with one attached hydrogen (secondary N) is 1. The molecule has 13 heteroatoms. The van der Waals surface area contributed by atoms with E-state index in [1.54, 1.807) is 24.3 Å². The number of carbonyl (C=O) groups excluding carboxylic acids is 2. The Hall–Kier alpha value is -4.23. The molecule has 0 spiro atoms. The Morgan fingerprint density at radius 3 is 2.49 bits per heavy atom. The molecule has 1 aromatic carbocycles. The largest absolute Gasteiger partial charge is 0.506 e. The van der Waals surface area contributed by atoms with E-state index in [9.17, 15) is 24.6 Å². The van der Waals surface area contributed by atoms with Gasteiger partial charge in [0.1, 0.15) is 12.9 Å². The van der Waals surface area contributed by atoms with Gasteiger partial charge in [0.05, 0.1) is 11.1 Å². The van der Waals surface area contributed by atoms with Crippen molar-refractivity contribution >= 4 is 28.9 Å². The number of fused-ring (bicyclic) bond motifs is 2. The van der Waals surface area contributed by atoms with Crippen molar-refractivity contribution < 1.29 is 29.3 Å². The zero-order chi connectivity index (χ0) is 26.1. The summed E-state index contributed by atoms with van der Waals surface area (Å²) in [6.07, 6.45) is 2.25. The number of hydrogen-bond donors (Lipinski definition) is 4. The Balaban J connectivity index is 1.14. The van der Waals surface area contributed by atoms with E-state index in [0.29, 0.717) is 30.5 Å². The van der Waals surface area contributed by atoms with Crippen molar-refractivity contribution in [3.63, 3.8) is 0 Å². The van der Waals surface area contributed by atoms with Crippen LogP contribution in [0, 0.1) is 0 Å². The topological polar surface area (TPSA) is 186 Å². The van der Waals surface area contributed by atoms with Crippen LogP contribution in [0.1, 0.15) is 52.6 Å². The van der Waals surface area contributed by atoms with Gasteiger partial charge in [-0.25, -0.2) is 4.98 Å². The molecular weight excluding hydrogens is 484 g/mol. The summed E-state index contributed by atoms with van der Waals surface area (Å²) in [5.41, 5.74) is 6.23. The molecule has 0 aliphatic carbocycles. The average molecular weight is 511 g/mol. The number of aliphatic hydroxyl groups excluding tert-OH is 2. The first-order valence-corrected chi connectivity index (χ1v) is 11.9. The Kier molecular flexibility index (Phi) is 6.63. The molecule has 5 rings (SSSR count). The fourth-order valence-corrected chi connectivity index (χ4v) is 4.55. The van der Waals surface area contributed by atoms with Gasteiger partial charge in [-0.2, -0.15) is 4.98 Å². The number of aromatic amines is 1. The van der Waals surface area contributed by atoms with Crippen molar-refractivity contribution in [1.29, 1.82) is 0 Å². The van der Waals surface area contributed by atoms with Gasteiger partial charge in [0.15, 0.2) is 28.8 Å². The number of nitrogen functional groups attached to an aromatic ring is 1. The van der Waals surface area contributed by atoms with Gasteiger partial charge < -0.3 is 25.4 Å². The first kappa shape index (κ1) is 24.5. The summed E-state index contributed by atoms with van der Waals surface area (Å²) >= 11 is 0. The maximum atomic E-state index is 12.4. The number of nitrogens with zero attached hydrogens (tertiary/aromatic N) is 4. The monoisotopic (exact) mass is 510 g/mol. The van der Waals surface area contributed by atoms with E-state index in [0.717, 1.165) is 12.8 Å². The molecule has 0 saturated carbocycles. The minimum atomic E-state index is -0.958. The highest BCUT2D eigenvalue weighted by atomic mass is 16.6. The summed E-state index contributed by atoms with van der Waals surface area (Å²) in [7, 11) is 0. The van der Waals surface area contributed by atoms with E-state index in [-0.39, 0.29) is 47.1 Å². The molecule has 5 N–H and O–H groups in total. The number of nitrogens with two attached hydrogens (primary N) is 1. The highest BCUT2D eigenvalue weighted by Crippen LogP contribution is 2.35. The Morgan fingerprint density at radius 2 is 1.78 bits per heavy atom. The molecule has 37 heavy (non-hydrogen) atoms. The van der Waals surface area contributed by atoms with E-state index in [2.05, 4.69) is 15.0 Å². The van der Waals surface area contributed by atoms with Gasteiger partial charge in [-0.1, -0.05) is 25.0 Å². The smallest absolute Gasteiger partial charge is 0.280 e. The molecule has 3 aromatic rings. The van der Waals surface area contributed by atoms with E-state index in [1.165, 1.54) is 15.8 Å². The number of amides is 2. The lowest BCUT2D eigenvalue weighted by atomic mass is 10.1. The number of benzene rings is 1. The number of imide groups is 1. The van der Waals surface area contributed by atoms with Crippen LogP contribution in [-0.4, -0.2) is 72.3 Å². The number of carbonyl (C=O) groups is 2. The van der Waals surface area contributed by atoms with Crippen LogP contribution >= 0.6 is 0 Å². The number of hydrogen-bond acceptors (Lipinski definition) is 10. The van der Waals surface area contributed by atoms with Gasteiger partial charge in [-0.15, -0.1) is 0 Å². The molecule has 4 heterocycles. The van der Waals surface area contributed by atoms with Crippen molar-refractivity contribution in [3.8, 4) is 0 Å². The summed E-state index contributed by atoms with van der Waals surface area (Å²) in [5, 5.41) is 20.1. The molecule has 0 saturated heterocycles. The highest BCUT2D eigenvalue weighted by Gasteiger charge is 2.40. The third-order valence-electron chi connectivity index (χ3n) is 6.40. The molecule has 13 nitrogen and oxygen atoms in total. The number of anilines is 1. The van der Waals surface area contributed by atoms with Crippen LogP contribution in [0.4, 0.5) is 5.95 Å². The van der Waals surface area contributed by atoms with E-state index < -0.39 is 24.5 Å². The second kappa shape index (κ2) is 10.0. The third kappa shape index (κ3) is 4.42. The second-order valence-corrected chi connectivity index (χ2v) is 8.76. The second-order valence-electron chi connectivity index (χ2n) is 8.76. The normalized spacial score (nSPS) is 19.2. The molecular formula is C24H26N6O7. The van der Waals surface area contributed by atoms with Gasteiger partial charge >= 0.3 is 0 Å². The Bertz CT molecular complexity index is 1410. The lowest BCUT2D eigenvalue weighted by molar-refractivity contribution is -0.0529. The molecule has 2 aliphatic heterocycles. The summed E-state index contributed by atoms with van der Waals surface area (Å²) < 4.78 is 13.0. The van der Waals surface area contributed by atoms with Crippen molar-refractivity contribution in [2.45, 2.75) is 38.0 Å². The number of rotatable bonds is 10. The Morgan fingerprint density at radius 1 is 1.08 bits per heavy atom. The molecule has 0 fully saturated rings. The van der Waals surface area contributed by atoms with Gasteiger partial charge in [-0.3, -0.25) is 28.8 Å². The number of unbranched alkanes of at least 4 members (excludes halogenated alkanes) is 3. The summed E-state index contributed by atoms with van der Waals surface area (Å²) in [4.78, 5) is 48.8. The third-order valence-corrected chi connectivity index (χ3v) is 6.40. The van der Waals surface area contributed by atoms with Crippen molar-refractivity contribution in [3.05, 3.63) is 63.6 Å². The molecule has 0 bridgehead atoms. The zero-order valence-corrected chi connectivity index (χ0v) is 19.8. The van der Waals surface area contributed by atoms with Crippen LogP contribution in [0.15, 0.2) is 46.9 Å². The average Bonchev–Trinajstić information content (AvgIpc) is 3.52. The SMILES string of the molecule is Nc1nc2c(ncn2[C@@H]2OC(CO)=C(O)C2OCCCCCCN2C(=O)c3ccccc3C2=O)c(=O)[nH]1. The summed E-state index contributed by atoms with van der Waals surface area (Å²) in [6.45, 7) is 0.0734. The Labute approximate surface area is 210 Å². The van der Waals surface area contributed by atoms with Crippen molar-refractivity contribution in [2.75, 3.05) is 25.5 Å². The zero-order valence-electron chi connectivity index (χ0n) is 19.8. The van der Waals surface area contributed by atoms with Crippen LogP contribution in [0.25, 0.3) is 11.2 Å². The van der Waals surface area contributed by atoms with Gasteiger partial charge in [0.25, 0.3) is 17.4 Å². The lowest BCUT2D eigenvalue weighted by Gasteiger charge is -2.21. The van der Waals surface area contributed by atoms with Crippen LogP contribution < -0.4 is 11.3 Å². The summed E-state index contributed by atoms with van der Waals surface area (Å²) in [6, 6.07) is 6.80. The molecule has 2 aliphatic rings. The van der Waals surface area contributed by atoms with Crippen LogP contribution in [-0.2, 0) is 9.47 Å². The number of aromatic nitrogens is 4. The van der Waals surface area contributed by atoms with Crippen molar-refractivity contribution in [2.24, 2.45) is 0 Å². The molecule has 1 unspecified atom stereocenters. The minimum Gasteiger partial charge on any atom is -0.506 e. The number of aliphatic hydroxyl groups is 2. The molecule has 2 aromatic heterocycles. The van der Waals surface area contributed by atoms with Gasteiger partial charge in [0.2, 0.25) is 12.2 Å². The van der Waals surface area contributed by atoms with Crippen LogP contribution in [0.3, 0.4) is 0 Å². The first-order chi connectivity index (χ1) is 17.9. The van der Waals surface area contributed by atoms with Crippen LogP contribution in [0.2, 0.25) is 0 Å². The minimum absolute atomic E-state index is 0.0457. The van der Waals surface area contributed by atoms with Crippen molar-refractivity contribution in [1.82, 2.24) is 24.4 Å². The maximum absolute atomic E-state index is 12.4. The highest BCUT2D eigenvalue weighted by molar-refractivity contribution is 6.21. The number of imidazole rings is 1. The lowest BCUT2D eigenvalue weighted by Crippen LogP contribution is -2.30. The van der Waals surface area contributed by atoms with Gasteiger partial charge in [-0.05, 0) is 25.0 Å². The van der Waals surface area contributed by atoms with E-state index in [4.69, 9.17) is 15.2 Å². The van der Waals surface area contributed by atoms with Gasteiger partial charge in [0, 0.05) is 13.2 Å².